The van der Waals surface area contributed by atoms with Gasteiger partial charge in [0.25, 0.3) is 0 Å². The van der Waals surface area contributed by atoms with Crippen molar-refractivity contribution in [1.29, 1.82) is 0 Å². The number of benzene rings is 2. The number of rotatable bonds is 33. The Hall–Kier alpha value is -2.65. The van der Waals surface area contributed by atoms with Crippen LogP contribution in [0.2, 0.25) is 10.8 Å². The van der Waals surface area contributed by atoms with Crippen molar-refractivity contribution in [2.45, 2.75) is 219 Å². The second-order valence-corrected chi connectivity index (χ2v) is 17.6. The summed E-state index contributed by atoms with van der Waals surface area (Å²) in [5.41, 5.74) is 17.5. The van der Waals surface area contributed by atoms with Crippen molar-refractivity contribution < 1.29 is 28.7 Å². The van der Waals surface area contributed by atoms with E-state index in [1.54, 1.807) is 0 Å². The first kappa shape index (κ1) is 50.5. The number of hydrogen-bond donors (Lipinski definition) is 0. The van der Waals surface area contributed by atoms with Crippen molar-refractivity contribution in [3.05, 3.63) is 88.0 Å². The molecule has 0 fully saturated rings. The normalized spacial score (nSPS) is 12.6. The SMILES string of the molecule is CCCCCCCCCCCC(=O)c1ccc(C2=CC(CCCCCC)=C(c3ccc(C(=O)CCCCCCCCCCC)cc3)[N+]2=[N-])cc1.CC[CH2][Ni][CH2]CC. The van der Waals surface area contributed by atoms with E-state index in [9.17, 15) is 15.1 Å². The molecule has 57 heavy (non-hydrogen) atoms. The molecule has 1 aliphatic rings. The topological polar surface area (TPSA) is 59.5 Å². The number of carbonyl (C=O) groups is 2. The minimum atomic E-state index is 0.198. The minimum absolute atomic E-state index is 0.198. The van der Waals surface area contributed by atoms with Crippen LogP contribution in [-0.4, -0.2) is 16.3 Å². The first-order chi connectivity index (χ1) is 27.9. The van der Waals surface area contributed by atoms with Crippen molar-refractivity contribution in [2.24, 2.45) is 0 Å². The summed E-state index contributed by atoms with van der Waals surface area (Å²) in [5.74, 6) is 0.399. The van der Waals surface area contributed by atoms with Crippen molar-refractivity contribution in [1.82, 2.24) is 0 Å². The summed E-state index contributed by atoms with van der Waals surface area (Å²) in [6.07, 6.45) is 33.8. The van der Waals surface area contributed by atoms with Gasteiger partial charge in [0.1, 0.15) is 0 Å². The summed E-state index contributed by atoms with van der Waals surface area (Å²) in [4.78, 5) is 25.9. The second kappa shape index (κ2) is 33.2. The van der Waals surface area contributed by atoms with Gasteiger partial charge in [0.2, 0.25) is 11.4 Å². The molecule has 0 atom stereocenters. The van der Waals surface area contributed by atoms with Crippen LogP contribution in [-0.2, 0) is 14.4 Å². The number of carbonyl (C=O) groups excluding carboxylic acids is 2. The molecule has 322 valence electrons. The van der Waals surface area contributed by atoms with Crippen LogP contribution in [0.4, 0.5) is 0 Å². The summed E-state index contributed by atoms with van der Waals surface area (Å²) in [5, 5.41) is 2.72. The Balaban J connectivity index is 0.00000146. The van der Waals surface area contributed by atoms with E-state index in [0.29, 0.717) is 12.8 Å². The van der Waals surface area contributed by atoms with E-state index in [4.69, 9.17) is 0 Å². The van der Waals surface area contributed by atoms with Crippen molar-refractivity contribution >= 4 is 23.0 Å². The maximum absolute atomic E-state index is 13.0. The molecule has 1 heterocycles. The van der Waals surface area contributed by atoms with E-state index in [1.807, 2.05) is 63.0 Å². The molecule has 0 radical (unpaired) electrons. The average molecular weight is 826 g/mol. The Kier molecular flexibility index (Phi) is 29.4. The van der Waals surface area contributed by atoms with Crippen LogP contribution in [0.1, 0.15) is 240 Å². The van der Waals surface area contributed by atoms with Gasteiger partial charge in [-0.05, 0) is 49.9 Å². The zero-order chi connectivity index (χ0) is 41.4. The zero-order valence-corrected chi connectivity index (χ0v) is 38.2. The Morgan fingerprint density at radius 3 is 1.25 bits per heavy atom. The van der Waals surface area contributed by atoms with Gasteiger partial charge in [0, 0.05) is 46.7 Å². The van der Waals surface area contributed by atoms with Crippen molar-refractivity contribution in [2.75, 3.05) is 0 Å². The van der Waals surface area contributed by atoms with Gasteiger partial charge in [-0.2, -0.15) is 0 Å². The van der Waals surface area contributed by atoms with Gasteiger partial charge in [-0.3, -0.25) is 9.59 Å². The zero-order valence-electron chi connectivity index (χ0n) is 37.2. The van der Waals surface area contributed by atoms with E-state index in [2.05, 4.69) is 40.7 Å². The van der Waals surface area contributed by atoms with Gasteiger partial charge >= 0.3 is 51.9 Å². The molecule has 0 aliphatic carbocycles. The maximum atomic E-state index is 13.0. The number of ketones is 2. The van der Waals surface area contributed by atoms with Crippen LogP contribution >= 0.6 is 0 Å². The molecule has 5 heteroatoms. The van der Waals surface area contributed by atoms with Crippen LogP contribution < -0.4 is 0 Å². The molecule has 2 aromatic carbocycles. The Morgan fingerprint density at radius 2 is 0.842 bits per heavy atom. The van der Waals surface area contributed by atoms with Crippen molar-refractivity contribution in [3.63, 3.8) is 0 Å². The molecule has 0 spiro atoms. The Labute approximate surface area is 356 Å². The van der Waals surface area contributed by atoms with Gasteiger partial charge in [0.15, 0.2) is 11.6 Å². The summed E-state index contributed by atoms with van der Waals surface area (Å²) in [7, 11) is 0. The van der Waals surface area contributed by atoms with Crippen LogP contribution in [0.3, 0.4) is 0 Å². The molecule has 4 nitrogen and oxygen atoms in total. The molecule has 3 rings (SSSR count). The van der Waals surface area contributed by atoms with Crippen molar-refractivity contribution in [3.8, 4) is 0 Å². The molecule has 2 aromatic rings. The third-order valence-corrected chi connectivity index (χ3v) is 12.6. The Bertz CT molecular complexity index is 1440. The second-order valence-electron chi connectivity index (χ2n) is 16.2. The molecule has 0 aromatic heterocycles. The van der Waals surface area contributed by atoms with Gasteiger partial charge in [0.05, 0.1) is 0 Å². The summed E-state index contributed by atoms with van der Waals surface area (Å²) >= 11 is 1.90. The number of allylic oxidation sites excluding steroid dienone is 2. The molecule has 0 amide bonds. The van der Waals surface area contributed by atoms with Crippen LogP contribution in [0.5, 0.6) is 0 Å². The van der Waals surface area contributed by atoms with Crippen LogP contribution in [0.25, 0.3) is 16.9 Å². The summed E-state index contributed by atoms with van der Waals surface area (Å²) < 4.78 is 1.31. The molecular weight excluding hydrogens is 743 g/mol. The standard InChI is InChI=1S/C46H68N2O2.2C3H7.Ni/c1-4-7-10-13-15-17-19-21-24-27-44(49)39-31-29-38(30-32-39)43-37-42(26-23-12-9-6-3)46(48(43)47)41-35-33-40(34-36-41)45(50)28-25-22-20-18-16-14-11-8-5-2;2*1-3-2;/h29-37H,4-28H2,1-3H3;2*1,3H2,2H3;. The van der Waals surface area contributed by atoms with E-state index < -0.39 is 0 Å². The van der Waals surface area contributed by atoms with Gasteiger partial charge in [-0.1, -0.05) is 167 Å². The fourth-order valence-corrected chi connectivity index (χ4v) is 8.37. The van der Waals surface area contributed by atoms with E-state index in [1.165, 1.54) is 131 Å². The first-order valence-electron chi connectivity index (χ1n) is 23.6. The monoisotopic (exact) mass is 825 g/mol. The number of nitrogens with zero attached hydrogens (tertiary/aromatic N) is 2. The molecule has 0 saturated heterocycles. The predicted molar refractivity (Wildman–Crippen MR) is 243 cm³/mol. The van der Waals surface area contributed by atoms with E-state index >= 15 is 0 Å². The molecule has 1 aliphatic heterocycles. The van der Waals surface area contributed by atoms with E-state index in [0.717, 1.165) is 84.2 Å². The summed E-state index contributed by atoms with van der Waals surface area (Å²) in [6.45, 7) is 11.2. The van der Waals surface area contributed by atoms with Gasteiger partial charge < -0.3 is 5.53 Å². The summed E-state index contributed by atoms with van der Waals surface area (Å²) in [6, 6.07) is 15.6. The fourth-order valence-electron chi connectivity index (χ4n) is 7.42. The van der Waals surface area contributed by atoms with Gasteiger partial charge in [-0.15, -0.1) is 0 Å². The van der Waals surface area contributed by atoms with E-state index in [-0.39, 0.29) is 11.6 Å². The number of Topliss-reactive ketones (excluding diaryl/α,β-unsaturated/α-hetero) is 2. The first-order valence-corrected chi connectivity index (χ1v) is 25.0. The molecular formula is C52H82N2NiO2. The van der Waals surface area contributed by atoms with Gasteiger partial charge in [-0.25, -0.2) is 4.70 Å². The quantitative estimate of drug-likeness (QED) is 0.0311. The Morgan fingerprint density at radius 1 is 0.474 bits per heavy atom. The molecule has 0 unspecified atom stereocenters. The fraction of sp³-hybridized carbons (Fsp3) is 0.654. The average Bonchev–Trinajstić information content (AvgIpc) is 3.56. The van der Waals surface area contributed by atoms with Crippen LogP contribution in [0, 0.1) is 0 Å². The third kappa shape index (κ3) is 21.3. The predicted octanol–water partition coefficient (Wildman–Crippen LogP) is 17.4. The third-order valence-electron chi connectivity index (χ3n) is 10.9. The molecule has 0 bridgehead atoms. The molecule has 0 saturated carbocycles. The molecule has 0 N–H and O–H groups in total. The number of hydrogen-bond acceptors (Lipinski definition) is 2. The number of unbranched alkanes of at least 4 members (excludes halogenated alkanes) is 19. The van der Waals surface area contributed by atoms with Crippen LogP contribution in [0.15, 0.2) is 60.2 Å².